The topological polar surface area (TPSA) is 61.8 Å². The smallest absolute Gasteiger partial charge is 0.333 e. The molecule has 2 heterocycles. The number of carbonyl (C=O) groups is 2. The number of fused-ring (bicyclic) bond motifs is 2. The highest BCUT2D eigenvalue weighted by molar-refractivity contribution is 5.86. The molecule has 4 rings (SSSR count). The van der Waals surface area contributed by atoms with Crippen LogP contribution in [0.1, 0.15) is 19.3 Å². The Morgan fingerprint density at radius 2 is 1.95 bits per heavy atom. The van der Waals surface area contributed by atoms with Crippen LogP contribution in [0.25, 0.3) is 0 Å². The Morgan fingerprint density at radius 1 is 1.15 bits per heavy atom. The molecule has 5 nitrogen and oxygen atoms in total. The van der Waals surface area contributed by atoms with Crippen molar-refractivity contribution in [1.29, 1.82) is 0 Å². The van der Waals surface area contributed by atoms with Gasteiger partial charge in [0.25, 0.3) is 0 Å². The van der Waals surface area contributed by atoms with Crippen molar-refractivity contribution < 1.29 is 23.8 Å². The highest BCUT2D eigenvalue weighted by atomic mass is 16.7. The maximum absolute atomic E-state index is 12.0. The summed E-state index contributed by atoms with van der Waals surface area (Å²) in [5.41, 5.74) is 1.84. The van der Waals surface area contributed by atoms with Gasteiger partial charge in [-0.25, -0.2) is 4.79 Å². The Kier molecular flexibility index (Phi) is 2.54. The molecule has 0 N–H and O–H groups in total. The third-order valence-electron chi connectivity index (χ3n) is 4.94. The van der Waals surface area contributed by atoms with Gasteiger partial charge in [-0.05, 0) is 30.4 Å². The van der Waals surface area contributed by atoms with Gasteiger partial charge in [0.05, 0.1) is 5.92 Å². The second-order valence-electron chi connectivity index (χ2n) is 5.85. The van der Waals surface area contributed by atoms with Crippen molar-refractivity contribution >= 4 is 11.9 Å². The van der Waals surface area contributed by atoms with Gasteiger partial charge < -0.3 is 14.2 Å². The third-order valence-corrected chi connectivity index (χ3v) is 4.94. The van der Waals surface area contributed by atoms with Crippen LogP contribution in [0.4, 0.5) is 0 Å². The van der Waals surface area contributed by atoms with Crippen LogP contribution < -0.4 is 0 Å². The van der Waals surface area contributed by atoms with Crippen LogP contribution >= 0.6 is 0 Å². The lowest BCUT2D eigenvalue weighted by molar-refractivity contribution is -0.162. The van der Waals surface area contributed by atoms with Crippen LogP contribution in [-0.2, 0) is 23.8 Å². The van der Waals surface area contributed by atoms with Crippen molar-refractivity contribution in [2.24, 2.45) is 17.8 Å². The zero-order valence-corrected chi connectivity index (χ0v) is 11.2. The van der Waals surface area contributed by atoms with Crippen LogP contribution in [0.5, 0.6) is 0 Å². The van der Waals surface area contributed by atoms with E-state index in [4.69, 9.17) is 14.2 Å². The molecule has 0 aromatic heterocycles. The van der Waals surface area contributed by atoms with Crippen molar-refractivity contribution in [3.63, 3.8) is 0 Å². The highest BCUT2D eigenvalue weighted by Crippen LogP contribution is 2.52. The molecule has 0 aromatic rings. The minimum absolute atomic E-state index is 0.0172. The van der Waals surface area contributed by atoms with Gasteiger partial charge in [0.15, 0.2) is 0 Å². The first-order valence-corrected chi connectivity index (χ1v) is 7.06. The quantitative estimate of drug-likeness (QED) is 0.676. The normalized spacial score (nSPS) is 42.0. The van der Waals surface area contributed by atoms with Crippen molar-refractivity contribution in [1.82, 2.24) is 0 Å². The lowest BCUT2D eigenvalue weighted by Crippen LogP contribution is -2.41. The predicted octanol–water partition coefficient (Wildman–Crippen LogP) is 1.34. The summed E-state index contributed by atoms with van der Waals surface area (Å²) in [5, 5.41) is 0. The second kappa shape index (κ2) is 4.19. The van der Waals surface area contributed by atoms with Crippen molar-refractivity contribution in [2.75, 3.05) is 7.11 Å². The third kappa shape index (κ3) is 1.53. The molecule has 2 fully saturated rings. The van der Waals surface area contributed by atoms with E-state index < -0.39 is 6.29 Å². The zero-order chi connectivity index (χ0) is 13.9. The van der Waals surface area contributed by atoms with Crippen molar-refractivity contribution in [3.8, 4) is 0 Å². The molecule has 20 heavy (non-hydrogen) atoms. The number of ether oxygens (including phenoxy) is 3. The van der Waals surface area contributed by atoms with Gasteiger partial charge in [-0.15, -0.1) is 0 Å². The molecule has 5 heteroatoms. The Hall–Kier alpha value is -1.62. The van der Waals surface area contributed by atoms with Gasteiger partial charge in [0.1, 0.15) is 6.10 Å². The molecule has 4 aliphatic rings. The van der Waals surface area contributed by atoms with E-state index in [0.717, 1.165) is 30.4 Å². The average Bonchev–Trinajstić information content (AvgIpc) is 2.77. The molecule has 0 radical (unpaired) electrons. The molecule has 2 aliphatic carbocycles. The maximum atomic E-state index is 12.0. The molecule has 5 atom stereocenters. The second-order valence-corrected chi connectivity index (χ2v) is 5.85. The van der Waals surface area contributed by atoms with E-state index >= 15 is 0 Å². The summed E-state index contributed by atoms with van der Waals surface area (Å²) < 4.78 is 15.9. The molecular formula is C15H16O5. The standard InChI is InChI=1S/C15H16O5/c1-18-15-10-5-11-13-7(9(10)6-12(16)20-15)3-2-4-8(13)14(17)19-11/h5-8,11,13,15H,2-4H2,1H3/t7-,8+,11-,13-,15?/m1/s1. The summed E-state index contributed by atoms with van der Waals surface area (Å²) in [4.78, 5) is 23.7. The van der Waals surface area contributed by atoms with Crippen LogP contribution in [0.2, 0.25) is 0 Å². The first kappa shape index (κ1) is 12.1. The van der Waals surface area contributed by atoms with Gasteiger partial charge in [-0.1, -0.05) is 6.42 Å². The molecule has 2 aliphatic heterocycles. The predicted molar refractivity (Wildman–Crippen MR) is 67.3 cm³/mol. The number of methoxy groups -OCH3 is 1. The first-order valence-electron chi connectivity index (χ1n) is 7.06. The van der Waals surface area contributed by atoms with Gasteiger partial charge >= 0.3 is 11.9 Å². The number of rotatable bonds is 1. The first-order chi connectivity index (χ1) is 9.69. The molecule has 1 saturated carbocycles. The Bertz CT molecular complexity index is 546. The fraction of sp³-hybridized carbons (Fsp3) is 0.600. The lowest BCUT2D eigenvalue weighted by Gasteiger charge is -2.41. The van der Waals surface area contributed by atoms with Crippen LogP contribution in [-0.4, -0.2) is 31.4 Å². The minimum Gasteiger partial charge on any atom is -0.458 e. The molecule has 1 saturated heterocycles. The minimum atomic E-state index is -0.678. The van der Waals surface area contributed by atoms with Gasteiger partial charge in [0.2, 0.25) is 6.29 Å². The molecule has 1 unspecified atom stereocenters. The summed E-state index contributed by atoms with van der Waals surface area (Å²) in [7, 11) is 1.51. The molecule has 0 bridgehead atoms. The molecule has 0 aromatic carbocycles. The average molecular weight is 276 g/mol. The van der Waals surface area contributed by atoms with E-state index in [9.17, 15) is 9.59 Å². The number of cyclic esters (lactones) is 1. The van der Waals surface area contributed by atoms with Crippen molar-refractivity contribution in [2.45, 2.75) is 31.7 Å². The van der Waals surface area contributed by atoms with E-state index in [-0.39, 0.29) is 35.8 Å². The summed E-state index contributed by atoms with van der Waals surface area (Å²) in [6.45, 7) is 0. The molecule has 0 spiro atoms. The SMILES string of the molecule is COC1OC(=O)C=C2C1=C[C@H]1OC(=O)[C@H]3CCC[C@H]2[C@H]31. The van der Waals surface area contributed by atoms with Crippen LogP contribution in [0.3, 0.4) is 0 Å². The number of carbonyl (C=O) groups excluding carboxylic acids is 2. The van der Waals surface area contributed by atoms with Crippen molar-refractivity contribution in [3.05, 3.63) is 23.3 Å². The van der Waals surface area contributed by atoms with Gasteiger partial charge in [-0.3, -0.25) is 4.79 Å². The number of esters is 2. The van der Waals surface area contributed by atoms with E-state index in [0.29, 0.717) is 0 Å². The van der Waals surface area contributed by atoms with E-state index in [1.54, 1.807) is 6.08 Å². The van der Waals surface area contributed by atoms with E-state index in [1.807, 2.05) is 6.08 Å². The lowest BCUT2D eigenvalue weighted by atomic mass is 9.63. The fourth-order valence-electron chi connectivity index (χ4n) is 4.16. The summed E-state index contributed by atoms with van der Waals surface area (Å²) in [6, 6.07) is 0. The molecule has 0 amide bonds. The van der Waals surface area contributed by atoms with E-state index in [2.05, 4.69) is 0 Å². The number of hydrogen-bond donors (Lipinski definition) is 0. The van der Waals surface area contributed by atoms with E-state index in [1.165, 1.54) is 7.11 Å². The Labute approximate surface area is 116 Å². The number of hydrogen-bond acceptors (Lipinski definition) is 5. The zero-order valence-electron chi connectivity index (χ0n) is 11.2. The Balaban J connectivity index is 1.82. The largest absolute Gasteiger partial charge is 0.458 e. The summed E-state index contributed by atoms with van der Waals surface area (Å²) in [6.07, 6.45) is 5.48. The summed E-state index contributed by atoms with van der Waals surface area (Å²) in [5.74, 6) is -0.0985. The van der Waals surface area contributed by atoms with Gasteiger partial charge in [-0.2, -0.15) is 0 Å². The molecule has 106 valence electrons. The monoisotopic (exact) mass is 276 g/mol. The van der Waals surface area contributed by atoms with Crippen LogP contribution in [0, 0.1) is 17.8 Å². The Morgan fingerprint density at radius 3 is 2.75 bits per heavy atom. The fourth-order valence-corrected chi connectivity index (χ4v) is 4.16. The van der Waals surface area contributed by atoms with Gasteiger partial charge in [0, 0.05) is 24.7 Å². The molecular weight excluding hydrogens is 260 g/mol. The highest BCUT2D eigenvalue weighted by Gasteiger charge is 2.54. The van der Waals surface area contributed by atoms with Crippen LogP contribution in [0.15, 0.2) is 23.3 Å². The maximum Gasteiger partial charge on any atom is 0.333 e. The summed E-state index contributed by atoms with van der Waals surface area (Å²) >= 11 is 0.